The highest BCUT2D eigenvalue weighted by molar-refractivity contribution is 7.80. The van der Waals surface area contributed by atoms with Crippen LogP contribution >= 0.6 is 24.4 Å². The van der Waals surface area contributed by atoms with Crippen LogP contribution in [0.2, 0.25) is 0 Å². The van der Waals surface area contributed by atoms with Gasteiger partial charge in [0.2, 0.25) is 0 Å². The minimum absolute atomic E-state index is 0. The highest BCUT2D eigenvalue weighted by atomic mass is 32.1. The Bertz CT molecular complexity index is 1640. The van der Waals surface area contributed by atoms with Crippen molar-refractivity contribution in [2.45, 2.75) is 25.0 Å². The van der Waals surface area contributed by atoms with Crippen molar-refractivity contribution in [2.75, 3.05) is 72.1 Å². The zero-order valence-corrected chi connectivity index (χ0v) is 27.5. The van der Waals surface area contributed by atoms with Gasteiger partial charge in [0.25, 0.3) is 11.8 Å². The molecule has 256 valence electrons. The van der Waals surface area contributed by atoms with Crippen LogP contribution < -0.4 is 36.8 Å². The molecule has 0 saturated carbocycles. The number of anilines is 4. The van der Waals surface area contributed by atoms with Crippen LogP contribution in [-0.4, -0.2) is 109 Å². The summed E-state index contributed by atoms with van der Waals surface area (Å²) in [4.78, 5) is 57.4. The van der Waals surface area contributed by atoms with Gasteiger partial charge in [-0.25, -0.2) is 14.6 Å². The molecule has 2 atom stereocenters. The third-order valence-electron chi connectivity index (χ3n) is 8.02. The SMILES string of the molecule is N.NC(=S)NC[C@H]1CN(c2ccc3c(c2)CCN3C(=O)CO)C(=O)O1.O=C1O[C@@H](CN=C=S)CN1c1ccc2c(c1)CCN2C(=O)CO. The molecule has 2 fully saturated rings. The number of rotatable bonds is 8. The molecule has 4 amide bonds. The van der Waals surface area contributed by atoms with E-state index in [9.17, 15) is 19.2 Å². The Balaban J connectivity index is 0.000000212. The number of hydrogen-bond donors (Lipinski definition) is 5. The van der Waals surface area contributed by atoms with Crippen molar-refractivity contribution in [3.05, 3.63) is 47.5 Å². The van der Waals surface area contributed by atoms with Crippen LogP contribution in [0.3, 0.4) is 0 Å². The molecule has 18 heteroatoms. The van der Waals surface area contributed by atoms with Crippen LogP contribution in [0.1, 0.15) is 11.1 Å². The summed E-state index contributed by atoms with van der Waals surface area (Å²) in [5.41, 5.74) is 10.3. The Labute approximate surface area is 286 Å². The average Bonchev–Trinajstić information content (AvgIpc) is 3.86. The maximum Gasteiger partial charge on any atom is 0.414 e. The number of nitrogens with one attached hydrogen (secondary N) is 1. The van der Waals surface area contributed by atoms with Crippen molar-refractivity contribution in [3.8, 4) is 0 Å². The second-order valence-corrected chi connectivity index (χ2v) is 11.6. The lowest BCUT2D eigenvalue weighted by atomic mass is 10.1. The van der Waals surface area contributed by atoms with Gasteiger partial charge in [0.15, 0.2) is 5.11 Å². The Morgan fingerprint density at radius 2 is 1.38 bits per heavy atom. The number of carbonyl (C=O) groups is 4. The number of nitrogens with two attached hydrogens (primary N) is 1. The number of nitrogens with zero attached hydrogens (tertiary/aromatic N) is 5. The summed E-state index contributed by atoms with van der Waals surface area (Å²) in [6.45, 7) is 1.50. The number of thiocarbonyl (C=S) groups is 2. The van der Waals surface area contributed by atoms with Crippen molar-refractivity contribution < 1.29 is 38.9 Å². The van der Waals surface area contributed by atoms with Gasteiger partial charge in [-0.2, -0.15) is 0 Å². The molecule has 0 aromatic heterocycles. The molecular formula is C30H36N8O8S2. The number of ether oxygens (including phenoxy) is 2. The molecule has 4 aliphatic rings. The van der Waals surface area contributed by atoms with Gasteiger partial charge in [-0.05, 0) is 84.8 Å². The quantitative estimate of drug-likeness (QED) is 0.191. The summed E-state index contributed by atoms with van der Waals surface area (Å²) in [7, 11) is 0. The van der Waals surface area contributed by atoms with E-state index < -0.39 is 25.4 Å². The van der Waals surface area contributed by atoms with Crippen LogP contribution in [0.4, 0.5) is 32.3 Å². The highest BCUT2D eigenvalue weighted by Crippen LogP contribution is 2.34. The maximum atomic E-state index is 12.1. The number of fused-ring (bicyclic) bond motifs is 2. The van der Waals surface area contributed by atoms with Crippen LogP contribution in [0.25, 0.3) is 0 Å². The smallest absolute Gasteiger partial charge is 0.414 e. The minimum atomic E-state index is -0.517. The summed E-state index contributed by atoms with van der Waals surface area (Å²) in [5, 5.41) is 23.2. The number of aliphatic hydroxyl groups is 2. The molecule has 16 nitrogen and oxygen atoms in total. The number of hydrogen-bond acceptors (Lipinski definition) is 12. The molecule has 48 heavy (non-hydrogen) atoms. The lowest BCUT2D eigenvalue weighted by Gasteiger charge is -2.18. The van der Waals surface area contributed by atoms with Crippen molar-refractivity contribution in [2.24, 2.45) is 10.7 Å². The molecule has 0 unspecified atom stereocenters. The van der Waals surface area contributed by atoms with E-state index in [4.69, 9.17) is 37.6 Å². The molecule has 2 aromatic rings. The van der Waals surface area contributed by atoms with E-state index in [1.165, 1.54) is 0 Å². The number of carbonyl (C=O) groups excluding carboxylic acids is 4. The molecule has 0 radical (unpaired) electrons. The van der Waals surface area contributed by atoms with E-state index in [-0.39, 0.29) is 35.3 Å². The number of aliphatic hydroxyl groups excluding tert-OH is 2. The fourth-order valence-electron chi connectivity index (χ4n) is 5.82. The Hall–Kier alpha value is -4.71. The Kier molecular flexibility index (Phi) is 12.0. The molecular weight excluding hydrogens is 665 g/mol. The standard InChI is InChI=1S/C15H18N4O4S.C15H15N3O4S.H3N/c16-14(24)17-6-11-7-19(15(22)23-11)10-1-2-12-9(5-10)3-4-18(12)13(21)8-20;19-8-14(20)17-4-3-10-5-11(1-2-13(10)17)18-7-12(6-16-9-23)22-15(18)21;/h1-2,5,11,20H,3-4,6-8H2,(H3,16,17,24);1-2,5,12,19H,3-4,6-8H2;1H3/t11-;12-;/m00./s1. The number of aliphatic imine (C=N–C) groups is 1. The van der Waals surface area contributed by atoms with E-state index in [0.717, 1.165) is 33.9 Å². The van der Waals surface area contributed by atoms with Crippen molar-refractivity contribution in [1.82, 2.24) is 11.5 Å². The minimum Gasteiger partial charge on any atom is -0.442 e. The first-order valence-electron chi connectivity index (χ1n) is 14.7. The molecule has 2 aromatic carbocycles. The van der Waals surface area contributed by atoms with Crippen molar-refractivity contribution >= 4 is 81.5 Å². The Morgan fingerprint density at radius 3 is 1.83 bits per heavy atom. The summed E-state index contributed by atoms with van der Waals surface area (Å²) in [6, 6.07) is 10.9. The number of benzene rings is 2. The Morgan fingerprint density at radius 1 is 0.896 bits per heavy atom. The molecule has 6 rings (SSSR count). The summed E-state index contributed by atoms with van der Waals surface area (Å²) >= 11 is 9.26. The molecule has 2 saturated heterocycles. The zero-order valence-electron chi connectivity index (χ0n) is 25.9. The fourth-order valence-corrected chi connectivity index (χ4v) is 5.98. The molecule has 0 spiro atoms. The highest BCUT2D eigenvalue weighted by Gasteiger charge is 2.35. The largest absolute Gasteiger partial charge is 0.442 e. The third-order valence-corrected chi connectivity index (χ3v) is 8.30. The summed E-state index contributed by atoms with van der Waals surface area (Å²) in [6.07, 6.45) is -0.138. The molecule has 0 aliphatic carbocycles. The first-order valence-corrected chi connectivity index (χ1v) is 15.6. The van der Waals surface area contributed by atoms with Gasteiger partial charge in [0.05, 0.1) is 31.3 Å². The topological polar surface area (TPSA) is 226 Å². The van der Waals surface area contributed by atoms with Crippen molar-refractivity contribution in [1.29, 1.82) is 0 Å². The molecule has 0 bridgehead atoms. The van der Waals surface area contributed by atoms with Gasteiger partial charge in [-0.1, -0.05) is 0 Å². The van der Waals surface area contributed by atoms with Gasteiger partial charge >= 0.3 is 12.2 Å². The summed E-state index contributed by atoms with van der Waals surface area (Å²) in [5.74, 6) is -0.652. The van der Waals surface area contributed by atoms with Crippen LogP contribution in [0, 0.1) is 0 Å². The van der Waals surface area contributed by atoms with E-state index in [1.807, 2.05) is 12.1 Å². The van der Waals surface area contributed by atoms with Crippen LogP contribution in [0.5, 0.6) is 0 Å². The van der Waals surface area contributed by atoms with Crippen LogP contribution in [-0.2, 0) is 31.9 Å². The number of isothiocyanates is 1. The molecule has 8 N–H and O–H groups in total. The van der Waals surface area contributed by atoms with E-state index in [0.29, 0.717) is 52.1 Å². The van der Waals surface area contributed by atoms with Gasteiger partial charge < -0.3 is 46.7 Å². The average molecular weight is 701 g/mol. The molecule has 4 heterocycles. The van der Waals surface area contributed by atoms with E-state index >= 15 is 0 Å². The van der Waals surface area contributed by atoms with Gasteiger partial charge in [-0.3, -0.25) is 19.4 Å². The van der Waals surface area contributed by atoms with Crippen molar-refractivity contribution in [3.63, 3.8) is 0 Å². The van der Waals surface area contributed by atoms with Gasteiger partial charge in [-0.15, -0.1) is 0 Å². The van der Waals surface area contributed by atoms with E-state index in [1.54, 1.807) is 43.9 Å². The predicted octanol–water partition coefficient (Wildman–Crippen LogP) is 0.884. The van der Waals surface area contributed by atoms with Gasteiger partial charge in [0.1, 0.15) is 25.4 Å². The number of amides is 4. The van der Waals surface area contributed by atoms with Crippen LogP contribution in [0.15, 0.2) is 41.4 Å². The van der Waals surface area contributed by atoms with Gasteiger partial charge in [0, 0.05) is 35.8 Å². The maximum absolute atomic E-state index is 12.1. The second kappa shape index (κ2) is 15.9. The summed E-state index contributed by atoms with van der Waals surface area (Å²) < 4.78 is 10.5. The zero-order chi connectivity index (χ0) is 33.7. The lowest BCUT2D eigenvalue weighted by Crippen LogP contribution is -2.37. The molecule has 4 aliphatic heterocycles. The predicted molar refractivity (Wildman–Crippen MR) is 184 cm³/mol. The third kappa shape index (κ3) is 7.87. The van der Waals surface area contributed by atoms with E-state index in [2.05, 4.69) is 27.7 Å². The second-order valence-electron chi connectivity index (χ2n) is 10.9. The monoisotopic (exact) mass is 700 g/mol. The normalized spacial score (nSPS) is 18.9. The number of cyclic esters (lactones) is 2. The first-order chi connectivity index (χ1) is 22.6. The first kappa shape index (κ1) is 36.1. The fraction of sp³-hybridized carbons (Fsp3) is 0.400. The lowest BCUT2D eigenvalue weighted by molar-refractivity contribution is -0.121.